The van der Waals surface area contributed by atoms with Crippen molar-refractivity contribution in [2.24, 2.45) is 0 Å². The highest BCUT2D eigenvalue weighted by molar-refractivity contribution is 5.99. The monoisotopic (exact) mass is 468 g/mol. The van der Waals surface area contributed by atoms with Gasteiger partial charge in [0.1, 0.15) is 12.4 Å². The summed E-state index contributed by atoms with van der Waals surface area (Å²) in [5.41, 5.74) is 4.67. The minimum atomic E-state index is -0.634. The van der Waals surface area contributed by atoms with Crippen molar-refractivity contribution in [1.82, 2.24) is 15.2 Å². The fraction of sp³-hybridized carbons (Fsp3) is 0.185. The first-order valence-corrected chi connectivity index (χ1v) is 11.3. The number of hydrogen-bond donors (Lipinski definition) is 2. The smallest absolute Gasteiger partial charge is 0.413 e. The third-order valence-corrected chi connectivity index (χ3v) is 6.20. The number of carbonyl (C=O) groups excluding carboxylic acids is 3. The molecule has 2 N–H and O–H groups in total. The van der Waals surface area contributed by atoms with Crippen molar-refractivity contribution in [2.75, 3.05) is 5.32 Å². The molecule has 35 heavy (non-hydrogen) atoms. The van der Waals surface area contributed by atoms with Gasteiger partial charge in [0.05, 0.1) is 6.04 Å². The number of aromatic nitrogens is 1. The van der Waals surface area contributed by atoms with Crippen LogP contribution in [0.4, 0.5) is 10.6 Å². The molecule has 2 aliphatic heterocycles. The number of benzene rings is 2. The second kappa shape index (κ2) is 9.42. The van der Waals surface area contributed by atoms with Crippen molar-refractivity contribution >= 4 is 23.7 Å². The number of amides is 3. The average Bonchev–Trinajstić information content (AvgIpc) is 3.19. The molecule has 3 heterocycles. The summed E-state index contributed by atoms with van der Waals surface area (Å²) in [5, 5.41) is 5.38. The van der Waals surface area contributed by atoms with Crippen molar-refractivity contribution < 1.29 is 19.1 Å². The van der Waals surface area contributed by atoms with E-state index < -0.39 is 6.09 Å². The number of pyridine rings is 1. The van der Waals surface area contributed by atoms with E-state index in [1.807, 2.05) is 48.5 Å². The number of anilines is 1. The lowest BCUT2D eigenvalue weighted by atomic mass is 10.0. The number of carbonyl (C=O) groups is 3. The van der Waals surface area contributed by atoms with Gasteiger partial charge in [-0.1, -0.05) is 49.0 Å². The fourth-order valence-corrected chi connectivity index (χ4v) is 4.42. The highest BCUT2D eigenvalue weighted by Crippen LogP contribution is 2.30. The minimum Gasteiger partial charge on any atom is -0.444 e. The zero-order chi connectivity index (χ0) is 24.4. The third kappa shape index (κ3) is 4.77. The van der Waals surface area contributed by atoms with E-state index in [-0.39, 0.29) is 24.5 Å². The SMILES string of the molecule is C=C1NC(=O)CCC1N1Cc2ccc(COC(=O)Nc3cc(-c4ccccc4)ccn3)cc2C1=O. The van der Waals surface area contributed by atoms with E-state index in [1.54, 1.807) is 23.2 Å². The van der Waals surface area contributed by atoms with E-state index in [4.69, 9.17) is 4.74 Å². The van der Waals surface area contributed by atoms with E-state index in [9.17, 15) is 14.4 Å². The van der Waals surface area contributed by atoms with E-state index in [2.05, 4.69) is 22.2 Å². The molecule has 8 nitrogen and oxygen atoms in total. The predicted octanol–water partition coefficient (Wildman–Crippen LogP) is 4.25. The van der Waals surface area contributed by atoms with Crippen molar-refractivity contribution in [3.63, 3.8) is 0 Å². The summed E-state index contributed by atoms with van der Waals surface area (Å²) >= 11 is 0. The van der Waals surface area contributed by atoms with E-state index in [0.717, 1.165) is 16.7 Å². The Hall–Kier alpha value is -4.46. The first-order chi connectivity index (χ1) is 17.0. The average molecular weight is 469 g/mol. The normalized spacial score (nSPS) is 17.1. The Labute approximate surface area is 202 Å². The van der Waals surface area contributed by atoms with Gasteiger partial charge in [0.2, 0.25) is 5.91 Å². The van der Waals surface area contributed by atoms with Gasteiger partial charge in [-0.15, -0.1) is 0 Å². The number of piperidine rings is 1. The van der Waals surface area contributed by atoms with Crippen LogP contribution >= 0.6 is 0 Å². The van der Waals surface area contributed by atoms with Crippen LogP contribution < -0.4 is 10.6 Å². The molecule has 1 fully saturated rings. The molecule has 2 aliphatic rings. The van der Waals surface area contributed by atoms with Crippen LogP contribution in [-0.2, 0) is 22.7 Å². The number of fused-ring (bicyclic) bond motifs is 1. The molecular formula is C27H24N4O4. The standard InChI is InChI=1S/C27H24N4O4/c1-17-23(9-10-25(32)29-17)31-15-21-8-7-18(13-22(21)26(31)33)16-35-27(34)30-24-14-20(11-12-28-24)19-5-3-2-4-6-19/h2-8,11-14,23H,1,9-10,15-16H2,(H,29,32)(H,28,30,34). The lowest BCUT2D eigenvalue weighted by molar-refractivity contribution is -0.121. The summed E-state index contributed by atoms with van der Waals surface area (Å²) in [6, 6.07) is 18.7. The summed E-state index contributed by atoms with van der Waals surface area (Å²) < 4.78 is 5.37. The molecule has 5 rings (SSSR count). The van der Waals surface area contributed by atoms with Gasteiger partial charge < -0.3 is 15.0 Å². The zero-order valence-electron chi connectivity index (χ0n) is 19.0. The molecule has 0 aliphatic carbocycles. The fourth-order valence-electron chi connectivity index (χ4n) is 4.42. The Kier molecular flexibility index (Phi) is 6.01. The maximum Gasteiger partial charge on any atom is 0.413 e. The predicted molar refractivity (Wildman–Crippen MR) is 130 cm³/mol. The molecule has 3 amide bonds. The molecule has 2 aromatic carbocycles. The first-order valence-electron chi connectivity index (χ1n) is 11.3. The lowest BCUT2D eigenvalue weighted by Crippen LogP contribution is -2.45. The van der Waals surface area contributed by atoms with E-state index in [0.29, 0.717) is 42.0 Å². The molecule has 1 atom stereocenters. The molecule has 0 bridgehead atoms. The molecule has 0 radical (unpaired) electrons. The summed E-state index contributed by atoms with van der Waals surface area (Å²) in [6.45, 7) is 4.38. The van der Waals surface area contributed by atoms with Crippen molar-refractivity contribution in [2.45, 2.75) is 32.0 Å². The zero-order valence-corrected chi connectivity index (χ0v) is 19.0. The van der Waals surface area contributed by atoms with Gasteiger partial charge in [0.25, 0.3) is 5.91 Å². The maximum atomic E-state index is 13.0. The van der Waals surface area contributed by atoms with Crippen LogP contribution in [0.25, 0.3) is 11.1 Å². The van der Waals surface area contributed by atoms with Crippen LogP contribution in [-0.4, -0.2) is 33.8 Å². The number of nitrogens with one attached hydrogen (secondary N) is 2. The van der Waals surface area contributed by atoms with Gasteiger partial charge in [-0.2, -0.15) is 0 Å². The summed E-state index contributed by atoms with van der Waals surface area (Å²) in [6.07, 6.45) is 1.91. The van der Waals surface area contributed by atoms with Gasteiger partial charge in [0.15, 0.2) is 0 Å². The molecule has 0 spiro atoms. The van der Waals surface area contributed by atoms with Crippen LogP contribution in [0.15, 0.2) is 79.1 Å². The second-order valence-corrected chi connectivity index (χ2v) is 8.55. The highest BCUT2D eigenvalue weighted by atomic mass is 16.5. The summed E-state index contributed by atoms with van der Waals surface area (Å²) in [7, 11) is 0. The number of rotatable bonds is 5. The molecule has 1 saturated heterocycles. The van der Waals surface area contributed by atoms with Crippen LogP contribution in [0.2, 0.25) is 0 Å². The Bertz CT molecular complexity index is 1320. The minimum absolute atomic E-state index is 0.0109. The van der Waals surface area contributed by atoms with Crippen molar-refractivity contribution in [1.29, 1.82) is 0 Å². The molecule has 1 unspecified atom stereocenters. The largest absolute Gasteiger partial charge is 0.444 e. The first kappa shape index (κ1) is 22.3. The van der Waals surface area contributed by atoms with Crippen LogP contribution in [0.3, 0.4) is 0 Å². The molecule has 1 aromatic heterocycles. The van der Waals surface area contributed by atoms with Gasteiger partial charge in [-0.05, 0) is 46.9 Å². The quantitative estimate of drug-likeness (QED) is 0.583. The topological polar surface area (TPSA) is 101 Å². The van der Waals surface area contributed by atoms with Crippen molar-refractivity contribution in [3.8, 4) is 11.1 Å². The van der Waals surface area contributed by atoms with Crippen molar-refractivity contribution in [3.05, 3.63) is 95.8 Å². The number of nitrogens with zero attached hydrogens (tertiary/aromatic N) is 2. The Morgan fingerprint density at radius 1 is 1.11 bits per heavy atom. The summed E-state index contributed by atoms with van der Waals surface area (Å²) in [5.74, 6) is 0.196. The number of hydrogen-bond acceptors (Lipinski definition) is 5. The molecule has 176 valence electrons. The molecular weight excluding hydrogens is 444 g/mol. The second-order valence-electron chi connectivity index (χ2n) is 8.55. The van der Waals surface area contributed by atoms with Crippen LogP contribution in [0.1, 0.15) is 34.3 Å². The Balaban J connectivity index is 1.20. The van der Waals surface area contributed by atoms with Crippen LogP contribution in [0.5, 0.6) is 0 Å². The lowest BCUT2D eigenvalue weighted by Gasteiger charge is -2.32. The van der Waals surface area contributed by atoms with Gasteiger partial charge in [0, 0.05) is 30.4 Å². The summed E-state index contributed by atoms with van der Waals surface area (Å²) in [4.78, 5) is 42.9. The molecule has 8 heteroatoms. The van der Waals surface area contributed by atoms with E-state index >= 15 is 0 Å². The Morgan fingerprint density at radius 3 is 2.74 bits per heavy atom. The molecule has 3 aromatic rings. The maximum absolute atomic E-state index is 13.0. The Morgan fingerprint density at radius 2 is 1.94 bits per heavy atom. The van der Waals surface area contributed by atoms with Gasteiger partial charge in [-0.25, -0.2) is 9.78 Å². The van der Waals surface area contributed by atoms with Crippen LogP contribution in [0, 0.1) is 0 Å². The van der Waals surface area contributed by atoms with Gasteiger partial charge >= 0.3 is 6.09 Å². The van der Waals surface area contributed by atoms with Gasteiger partial charge in [-0.3, -0.25) is 14.9 Å². The third-order valence-electron chi connectivity index (χ3n) is 6.20. The highest BCUT2D eigenvalue weighted by Gasteiger charge is 2.36. The van der Waals surface area contributed by atoms with E-state index in [1.165, 1.54) is 0 Å². The molecule has 0 saturated carbocycles. The number of ether oxygens (including phenoxy) is 1.